The highest BCUT2D eigenvalue weighted by molar-refractivity contribution is 5.79. The van der Waals surface area contributed by atoms with E-state index in [0.29, 0.717) is 41.1 Å². The van der Waals surface area contributed by atoms with E-state index in [1.54, 1.807) is 19.1 Å². The van der Waals surface area contributed by atoms with Crippen molar-refractivity contribution in [2.45, 2.75) is 25.8 Å². The van der Waals surface area contributed by atoms with Crippen LogP contribution in [-0.4, -0.2) is 27.4 Å². The molecule has 0 saturated heterocycles. The SMILES string of the molecule is Cc1nnc(-c2ccc(OC3=NO[C@H](c4ccc(OC(F)(F)F)cc4)C3)cn2)o1. The monoisotopic (exact) mass is 406 g/mol. The van der Waals surface area contributed by atoms with Crippen LogP contribution >= 0.6 is 0 Å². The highest BCUT2D eigenvalue weighted by Crippen LogP contribution is 2.31. The van der Waals surface area contributed by atoms with Gasteiger partial charge in [-0.15, -0.1) is 23.4 Å². The van der Waals surface area contributed by atoms with Gasteiger partial charge >= 0.3 is 6.36 Å². The Labute approximate surface area is 161 Å². The number of nitrogens with zero attached hydrogens (tertiary/aromatic N) is 4. The average Bonchev–Trinajstić information content (AvgIpc) is 3.31. The molecule has 0 bridgehead atoms. The van der Waals surface area contributed by atoms with Crippen molar-refractivity contribution in [1.29, 1.82) is 0 Å². The van der Waals surface area contributed by atoms with Crippen LogP contribution in [0.3, 0.4) is 0 Å². The highest BCUT2D eigenvalue weighted by Gasteiger charge is 2.31. The van der Waals surface area contributed by atoms with Gasteiger partial charge in [-0.25, -0.2) is 4.98 Å². The maximum absolute atomic E-state index is 12.2. The van der Waals surface area contributed by atoms with Crippen molar-refractivity contribution in [3.63, 3.8) is 0 Å². The number of pyridine rings is 1. The average molecular weight is 406 g/mol. The van der Waals surface area contributed by atoms with Crippen molar-refractivity contribution in [2.24, 2.45) is 5.16 Å². The number of halogens is 3. The van der Waals surface area contributed by atoms with E-state index in [1.807, 2.05) is 0 Å². The zero-order valence-electron chi connectivity index (χ0n) is 14.9. The van der Waals surface area contributed by atoms with Crippen LogP contribution in [0.1, 0.15) is 24.0 Å². The topological polar surface area (TPSA) is 91.9 Å². The Bertz CT molecular complexity index is 1020. The van der Waals surface area contributed by atoms with E-state index in [4.69, 9.17) is 14.0 Å². The first kappa shape index (κ1) is 18.7. The fourth-order valence-electron chi connectivity index (χ4n) is 2.58. The zero-order valence-corrected chi connectivity index (χ0v) is 14.9. The molecular weight excluding hydrogens is 393 g/mol. The Hall–Kier alpha value is -3.63. The first-order valence-electron chi connectivity index (χ1n) is 8.38. The van der Waals surface area contributed by atoms with Crippen molar-refractivity contribution in [3.05, 3.63) is 54.0 Å². The smallest absolute Gasteiger partial charge is 0.438 e. The summed E-state index contributed by atoms with van der Waals surface area (Å²) in [5.74, 6) is 1.17. The molecule has 0 radical (unpaired) electrons. The van der Waals surface area contributed by atoms with Crippen molar-refractivity contribution in [1.82, 2.24) is 15.2 Å². The van der Waals surface area contributed by atoms with Gasteiger partial charge in [-0.05, 0) is 29.8 Å². The van der Waals surface area contributed by atoms with E-state index >= 15 is 0 Å². The number of oxime groups is 1. The van der Waals surface area contributed by atoms with Crippen molar-refractivity contribution in [3.8, 4) is 23.1 Å². The van der Waals surface area contributed by atoms with E-state index < -0.39 is 12.5 Å². The molecule has 0 saturated carbocycles. The summed E-state index contributed by atoms with van der Waals surface area (Å²) >= 11 is 0. The lowest BCUT2D eigenvalue weighted by atomic mass is 10.1. The summed E-state index contributed by atoms with van der Waals surface area (Å²) in [5, 5.41) is 11.5. The van der Waals surface area contributed by atoms with Crippen LogP contribution in [0.25, 0.3) is 11.6 Å². The maximum Gasteiger partial charge on any atom is 0.573 e. The number of hydrogen-bond acceptors (Lipinski definition) is 8. The van der Waals surface area contributed by atoms with Gasteiger partial charge in [-0.2, -0.15) is 0 Å². The lowest BCUT2D eigenvalue weighted by molar-refractivity contribution is -0.274. The standard InChI is InChI=1S/C18H13F3N4O4/c1-10-23-24-17(26-10)14-7-6-13(9-22-14)27-16-8-15(29-25-16)11-2-4-12(5-3-11)28-18(19,20)21/h2-7,9,15H,8H2,1H3/t15-/m0/s1. The first-order valence-corrected chi connectivity index (χ1v) is 8.38. The number of benzene rings is 1. The molecule has 1 atom stereocenters. The number of alkyl halides is 3. The second-order valence-electron chi connectivity index (χ2n) is 6.01. The quantitative estimate of drug-likeness (QED) is 0.641. The minimum atomic E-state index is -4.73. The largest absolute Gasteiger partial charge is 0.573 e. The minimum Gasteiger partial charge on any atom is -0.438 e. The van der Waals surface area contributed by atoms with E-state index in [2.05, 4.69) is 25.1 Å². The molecule has 0 fully saturated rings. The summed E-state index contributed by atoms with van der Waals surface area (Å²) in [6.45, 7) is 1.68. The van der Waals surface area contributed by atoms with Gasteiger partial charge in [0, 0.05) is 6.92 Å². The molecule has 150 valence electrons. The summed E-state index contributed by atoms with van der Waals surface area (Å²) in [4.78, 5) is 9.50. The fourth-order valence-corrected chi connectivity index (χ4v) is 2.58. The summed E-state index contributed by atoms with van der Waals surface area (Å²) < 4.78 is 51.5. The molecule has 29 heavy (non-hydrogen) atoms. The molecule has 8 nitrogen and oxygen atoms in total. The van der Waals surface area contributed by atoms with E-state index in [0.717, 1.165) is 0 Å². The molecule has 1 aliphatic heterocycles. The molecule has 0 unspecified atom stereocenters. The van der Waals surface area contributed by atoms with Crippen LogP contribution in [0.4, 0.5) is 13.2 Å². The summed E-state index contributed by atoms with van der Waals surface area (Å²) in [5.41, 5.74) is 1.14. The highest BCUT2D eigenvalue weighted by atomic mass is 19.4. The van der Waals surface area contributed by atoms with Crippen LogP contribution in [0.15, 0.2) is 52.2 Å². The number of ether oxygens (including phenoxy) is 2. The van der Waals surface area contributed by atoms with Gasteiger partial charge in [-0.1, -0.05) is 17.3 Å². The molecule has 0 spiro atoms. The van der Waals surface area contributed by atoms with Crippen LogP contribution < -0.4 is 9.47 Å². The molecule has 1 aliphatic rings. The summed E-state index contributed by atoms with van der Waals surface area (Å²) in [7, 11) is 0. The number of hydrogen-bond donors (Lipinski definition) is 0. The zero-order chi connectivity index (χ0) is 20.4. The van der Waals surface area contributed by atoms with E-state index in [-0.39, 0.29) is 5.75 Å². The Morgan fingerprint density at radius 1 is 1.03 bits per heavy atom. The van der Waals surface area contributed by atoms with Crippen LogP contribution in [0.5, 0.6) is 11.5 Å². The van der Waals surface area contributed by atoms with Crippen molar-refractivity contribution >= 4 is 5.90 Å². The Morgan fingerprint density at radius 2 is 1.79 bits per heavy atom. The van der Waals surface area contributed by atoms with Gasteiger partial charge < -0.3 is 18.7 Å². The molecule has 11 heteroatoms. The Balaban J connectivity index is 1.35. The van der Waals surface area contributed by atoms with E-state index in [9.17, 15) is 13.2 Å². The second kappa shape index (κ2) is 7.41. The molecule has 0 amide bonds. The molecule has 4 rings (SSSR count). The molecular formula is C18H13F3N4O4. The second-order valence-corrected chi connectivity index (χ2v) is 6.01. The number of aryl methyl sites for hydroxylation is 1. The number of aromatic nitrogens is 3. The number of rotatable bonds is 4. The first-order chi connectivity index (χ1) is 13.9. The van der Waals surface area contributed by atoms with Crippen LogP contribution in [0, 0.1) is 6.92 Å². The maximum atomic E-state index is 12.2. The van der Waals surface area contributed by atoms with Gasteiger partial charge in [0.2, 0.25) is 11.8 Å². The Kier molecular flexibility index (Phi) is 4.79. The third-order valence-electron chi connectivity index (χ3n) is 3.84. The predicted octanol–water partition coefficient (Wildman–Crippen LogP) is 4.19. The normalized spacial score (nSPS) is 16.3. The summed E-state index contributed by atoms with van der Waals surface area (Å²) in [6.07, 6.45) is -3.42. The molecule has 0 N–H and O–H groups in total. The Morgan fingerprint density at radius 3 is 2.41 bits per heavy atom. The summed E-state index contributed by atoms with van der Waals surface area (Å²) in [6, 6.07) is 8.72. The van der Waals surface area contributed by atoms with Crippen molar-refractivity contribution < 1.29 is 31.9 Å². The van der Waals surface area contributed by atoms with Gasteiger partial charge in [0.05, 0.1) is 12.6 Å². The van der Waals surface area contributed by atoms with Crippen LogP contribution in [-0.2, 0) is 4.84 Å². The van der Waals surface area contributed by atoms with E-state index in [1.165, 1.54) is 30.5 Å². The molecule has 0 aliphatic carbocycles. The van der Waals surface area contributed by atoms with Gasteiger partial charge in [0.25, 0.3) is 5.89 Å². The van der Waals surface area contributed by atoms with Gasteiger partial charge in [-0.3, -0.25) is 0 Å². The van der Waals surface area contributed by atoms with Crippen molar-refractivity contribution in [2.75, 3.05) is 0 Å². The molecule has 3 heterocycles. The minimum absolute atomic E-state index is 0.300. The molecule has 2 aromatic heterocycles. The van der Waals surface area contributed by atoms with Crippen LogP contribution in [0.2, 0.25) is 0 Å². The lowest BCUT2D eigenvalue weighted by Gasteiger charge is -2.11. The van der Waals surface area contributed by atoms with Gasteiger partial charge in [0.15, 0.2) is 6.10 Å². The van der Waals surface area contributed by atoms with Gasteiger partial charge in [0.1, 0.15) is 17.2 Å². The third-order valence-corrected chi connectivity index (χ3v) is 3.84. The molecule has 1 aromatic carbocycles. The third kappa shape index (κ3) is 4.62. The fraction of sp³-hybridized carbons (Fsp3) is 0.222. The predicted molar refractivity (Wildman–Crippen MR) is 91.9 cm³/mol. The molecule has 3 aromatic rings. The lowest BCUT2D eigenvalue weighted by Crippen LogP contribution is -2.17.